The SMILES string of the molecule is Fc1cccc(-c2ncc(F)cc2CBr)c1. The lowest BCUT2D eigenvalue weighted by atomic mass is 10.1. The van der Waals surface area contributed by atoms with Gasteiger partial charge in [-0.2, -0.15) is 0 Å². The Morgan fingerprint density at radius 3 is 2.62 bits per heavy atom. The molecule has 1 aromatic heterocycles. The molecule has 0 amide bonds. The maximum absolute atomic E-state index is 13.1. The van der Waals surface area contributed by atoms with Crippen LogP contribution in [0.1, 0.15) is 5.56 Å². The second-order valence-corrected chi connectivity index (χ2v) is 3.87. The monoisotopic (exact) mass is 283 g/mol. The summed E-state index contributed by atoms with van der Waals surface area (Å²) in [5.74, 6) is -0.723. The van der Waals surface area contributed by atoms with E-state index < -0.39 is 5.82 Å². The van der Waals surface area contributed by atoms with E-state index in [-0.39, 0.29) is 5.82 Å². The Morgan fingerprint density at radius 1 is 1.12 bits per heavy atom. The lowest BCUT2D eigenvalue weighted by Gasteiger charge is -2.06. The molecule has 1 nitrogen and oxygen atoms in total. The Morgan fingerprint density at radius 2 is 1.94 bits per heavy atom. The van der Waals surface area contributed by atoms with Gasteiger partial charge in [-0.25, -0.2) is 8.78 Å². The van der Waals surface area contributed by atoms with Gasteiger partial charge in [0.1, 0.15) is 11.6 Å². The van der Waals surface area contributed by atoms with Crippen molar-refractivity contribution in [2.75, 3.05) is 0 Å². The van der Waals surface area contributed by atoms with Crippen LogP contribution >= 0.6 is 15.9 Å². The number of alkyl halides is 1. The standard InChI is InChI=1S/C12H8BrF2N/c13-6-9-5-11(15)7-16-12(9)8-2-1-3-10(14)4-8/h1-5,7H,6H2. The molecule has 0 aliphatic carbocycles. The highest BCUT2D eigenvalue weighted by Gasteiger charge is 2.07. The molecule has 0 spiro atoms. The minimum Gasteiger partial charge on any atom is -0.253 e. The molecule has 0 aliphatic rings. The molecule has 0 atom stereocenters. The van der Waals surface area contributed by atoms with E-state index in [1.165, 1.54) is 18.2 Å². The summed E-state index contributed by atoms with van der Waals surface area (Å²) < 4.78 is 26.0. The molecule has 82 valence electrons. The van der Waals surface area contributed by atoms with Crippen LogP contribution in [-0.4, -0.2) is 4.98 Å². The van der Waals surface area contributed by atoms with Crippen molar-refractivity contribution in [3.05, 3.63) is 53.7 Å². The van der Waals surface area contributed by atoms with Crippen molar-refractivity contribution in [3.8, 4) is 11.3 Å². The van der Waals surface area contributed by atoms with Crippen LogP contribution < -0.4 is 0 Å². The highest BCUT2D eigenvalue weighted by atomic mass is 79.9. The van der Waals surface area contributed by atoms with Crippen LogP contribution in [0.5, 0.6) is 0 Å². The van der Waals surface area contributed by atoms with Gasteiger partial charge in [0.15, 0.2) is 0 Å². The number of halogens is 3. The maximum Gasteiger partial charge on any atom is 0.141 e. The molecule has 0 saturated carbocycles. The summed E-state index contributed by atoms with van der Waals surface area (Å²) in [6.45, 7) is 0. The summed E-state index contributed by atoms with van der Waals surface area (Å²) in [6, 6.07) is 7.48. The Labute approximate surface area is 100 Å². The fraction of sp³-hybridized carbons (Fsp3) is 0.0833. The molecule has 4 heteroatoms. The molecule has 0 aliphatic heterocycles. The fourth-order valence-electron chi connectivity index (χ4n) is 1.48. The molecule has 0 unspecified atom stereocenters. The molecule has 0 radical (unpaired) electrons. The molecule has 16 heavy (non-hydrogen) atoms. The highest BCUT2D eigenvalue weighted by Crippen LogP contribution is 2.24. The van der Waals surface area contributed by atoms with Crippen LogP contribution in [0.3, 0.4) is 0 Å². The van der Waals surface area contributed by atoms with E-state index in [0.29, 0.717) is 22.2 Å². The average Bonchev–Trinajstić information content (AvgIpc) is 2.28. The Kier molecular flexibility index (Phi) is 3.29. The van der Waals surface area contributed by atoms with Crippen LogP contribution in [0, 0.1) is 11.6 Å². The summed E-state index contributed by atoms with van der Waals surface area (Å²) >= 11 is 3.26. The summed E-state index contributed by atoms with van der Waals surface area (Å²) in [4.78, 5) is 3.99. The molecule has 2 rings (SSSR count). The van der Waals surface area contributed by atoms with Crippen molar-refractivity contribution >= 4 is 15.9 Å². The number of aromatic nitrogens is 1. The lowest BCUT2D eigenvalue weighted by molar-refractivity contribution is 0.620. The predicted octanol–water partition coefficient (Wildman–Crippen LogP) is 3.92. The van der Waals surface area contributed by atoms with Crippen molar-refractivity contribution in [2.24, 2.45) is 0 Å². The maximum atomic E-state index is 13.1. The zero-order valence-electron chi connectivity index (χ0n) is 8.25. The number of rotatable bonds is 2. The topological polar surface area (TPSA) is 12.9 Å². The van der Waals surface area contributed by atoms with Crippen molar-refractivity contribution in [1.29, 1.82) is 0 Å². The quantitative estimate of drug-likeness (QED) is 0.762. The minimum absolute atomic E-state index is 0.329. The molecule has 1 heterocycles. The average molecular weight is 284 g/mol. The minimum atomic E-state index is -0.394. The molecule has 0 saturated heterocycles. The van der Waals surface area contributed by atoms with Gasteiger partial charge in [-0.1, -0.05) is 28.1 Å². The molecule has 2 aromatic rings. The van der Waals surface area contributed by atoms with Gasteiger partial charge in [0.25, 0.3) is 0 Å². The molecular weight excluding hydrogens is 276 g/mol. The normalized spacial score (nSPS) is 10.4. The first kappa shape index (κ1) is 11.2. The van der Waals surface area contributed by atoms with Gasteiger partial charge in [-0.15, -0.1) is 0 Å². The van der Waals surface area contributed by atoms with Crippen molar-refractivity contribution in [1.82, 2.24) is 4.98 Å². The van der Waals surface area contributed by atoms with Crippen LogP contribution in [0.2, 0.25) is 0 Å². The zero-order valence-corrected chi connectivity index (χ0v) is 9.84. The van der Waals surface area contributed by atoms with Gasteiger partial charge in [0.2, 0.25) is 0 Å². The third-order valence-corrected chi connectivity index (χ3v) is 2.78. The third-order valence-electron chi connectivity index (χ3n) is 2.18. The van der Waals surface area contributed by atoms with Crippen molar-refractivity contribution in [3.63, 3.8) is 0 Å². The summed E-state index contributed by atoms with van der Waals surface area (Å²) in [6.07, 6.45) is 1.13. The van der Waals surface area contributed by atoms with E-state index >= 15 is 0 Å². The molecule has 0 bridgehead atoms. The van der Waals surface area contributed by atoms with Gasteiger partial charge in [-0.3, -0.25) is 4.98 Å². The smallest absolute Gasteiger partial charge is 0.141 e. The summed E-state index contributed by atoms with van der Waals surface area (Å²) in [5.41, 5.74) is 1.94. The summed E-state index contributed by atoms with van der Waals surface area (Å²) in [5, 5.41) is 0.476. The zero-order chi connectivity index (χ0) is 11.5. The molecule has 0 N–H and O–H groups in total. The van der Waals surface area contributed by atoms with E-state index in [9.17, 15) is 8.78 Å². The number of pyridine rings is 1. The van der Waals surface area contributed by atoms with Gasteiger partial charge in [0, 0.05) is 10.9 Å². The Bertz CT molecular complexity index is 514. The van der Waals surface area contributed by atoms with E-state index in [1.807, 2.05) is 0 Å². The second-order valence-electron chi connectivity index (χ2n) is 3.31. The van der Waals surface area contributed by atoms with Crippen LogP contribution in [-0.2, 0) is 5.33 Å². The van der Waals surface area contributed by atoms with Crippen LogP contribution in [0.4, 0.5) is 8.78 Å². The Balaban J connectivity index is 2.55. The number of hydrogen-bond acceptors (Lipinski definition) is 1. The van der Waals surface area contributed by atoms with Gasteiger partial charge in [-0.05, 0) is 23.8 Å². The number of benzene rings is 1. The highest BCUT2D eigenvalue weighted by molar-refractivity contribution is 9.08. The number of hydrogen-bond donors (Lipinski definition) is 0. The second kappa shape index (κ2) is 4.70. The van der Waals surface area contributed by atoms with Gasteiger partial charge < -0.3 is 0 Å². The van der Waals surface area contributed by atoms with E-state index in [1.54, 1.807) is 12.1 Å². The van der Waals surface area contributed by atoms with Crippen molar-refractivity contribution < 1.29 is 8.78 Å². The molecular formula is C12H8BrF2N. The predicted molar refractivity (Wildman–Crippen MR) is 62.2 cm³/mol. The lowest BCUT2D eigenvalue weighted by Crippen LogP contribution is -1.92. The number of nitrogens with zero attached hydrogens (tertiary/aromatic N) is 1. The van der Waals surface area contributed by atoms with E-state index in [0.717, 1.165) is 6.20 Å². The molecule has 1 aromatic carbocycles. The summed E-state index contributed by atoms with van der Waals surface area (Å²) in [7, 11) is 0. The van der Waals surface area contributed by atoms with E-state index in [4.69, 9.17) is 0 Å². The van der Waals surface area contributed by atoms with Crippen LogP contribution in [0.25, 0.3) is 11.3 Å². The first-order valence-electron chi connectivity index (χ1n) is 4.67. The third kappa shape index (κ3) is 2.27. The van der Waals surface area contributed by atoms with Crippen LogP contribution in [0.15, 0.2) is 36.5 Å². The van der Waals surface area contributed by atoms with Gasteiger partial charge >= 0.3 is 0 Å². The first-order chi connectivity index (χ1) is 7.70. The largest absolute Gasteiger partial charge is 0.253 e. The van der Waals surface area contributed by atoms with E-state index in [2.05, 4.69) is 20.9 Å². The van der Waals surface area contributed by atoms with Gasteiger partial charge in [0.05, 0.1) is 11.9 Å². The Hall–Kier alpha value is -1.29. The fourth-order valence-corrected chi connectivity index (χ4v) is 1.91. The van der Waals surface area contributed by atoms with Crippen molar-refractivity contribution in [2.45, 2.75) is 5.33 Å². The molecule has 0 fully saturated rings. The first-order valence-corrected chi connectivity index (χ1v) is 5.79.